The first-order valence-corrected chi connectivity index (χ1v) is 5.77. The Morgan fingerprint density at radius 3 is 2.36 bits per heavy atom. The summed E-state index contributed by atoms with van der Waals surface area (Å²) in [5, 5.41) is 0.244. The van der Waals surface area contributed by atoms with Gasteiger partial charge in [0.1, 0.15) is 0 Å². The molecule has 0 aromatic heterocycles. The molecule has 0 unspecified atom stereocenters. The lowest BCUT2D eigenvalue weighted by molar-refractivity contribution is 0.102. The molecular weight excluding hydrogens is 274 g/mol. The lowest BCUT2D eigenvalue weighted by atomic mass is 10.2. The minimum absolute atomic E-state index is 0.0569. The number of ketones is 1. The van der Waals surface area contributed by atoms with E-state index in [0.717, 1.165) is 0 Å². The van der Waals surface area contributed by atoms with Gasteiger partial charge in [-0.05, 0) is 12.1 Å². The fraction of sp³-hybridized carbons (Fsp3) is 0.222. The van der Waals surface area contributed by atoms with Gasteiger partial charge < -0.3 is 0 Å². The summed E-state index contributed by atoms with van der Waals surface area (Å²) in [4.78, 5) is 11.6. The van der Waals surface area contributed by atoms with E-state index in [9.17, 15) is 13.6 Å². The average Bonchev–Trinajstić information content (AvgIpc) is 2.17. The second-order valence-electron chi connectivity index (χ2n) is 2.46. The number of Topliss-reactive ketones (excluding diaryl/α,β-unsaturated/α-hetero) is 1. The highest BCUT2D eigenvalue weighted by atomic mass is 79.9. The Kier molecular flexibility index (Phi) is 4.54. The van der Waals surface area contributed by atoms with Crippen molar-refractivity contribution in [3.63, 3.8) is 0 Å². The lowest BCUT2D eigenvalue weighted by Gasteiger charge is -2.01. The molecule has 0 saturated carbocycles. The monoisotopic (exact) mass is 280 g/mol. The first-order chi connectivity index (χ1) is 6.63. The Hall–Kier alpha value is -0.420. The minimum Gasteiger partial charge on any atom is -0.293 e. The fourth-order valence-corrected chi connectivity index (χ4v) is 1.72. The van der Waals surface area contributed by atoms with Crippen LogP contribution in [-0.2, 0) is 0 Å². The van der Waals surface area contributed by atoms with E-state index in [1.165, 1.54) is 12.1 Å². The van der Waals surface area contributed by atoms with E-state index in [1.54, 1.807) is 12.1 Å². The van der Waals surface area contributed by atoms with E-state index in [2.05, 4.69) is 15.9 Å². The molecule has 1 aromatic rings. The lowest BCUT2D eigenvalue weighted by Crippen LogP contribution is -1.98. The number of hydrogen-bond donors (Lipinski definition) is 0. The van der Waals surface area contributed by atoms with Crippen LogP contribution in [0.4, 0.5) is 8.78 Å². The van der Waals surface area contributed by atoms with Crippen LogP contribution in [0.25, 0.3) is 0 Å². The van der Waals surface area contributed by atoms with Crippen LogP contribution >= 0.6 is 27.7 Å². The van der Waals surface area contributed by atoms with Crippen molar-refractivity contribution < 1.29 is 13.6 Å². The fourth-order valence-electron chi connectivity index (χ4n) is 0.899. The van der Waals surface area contributed by atoms with Crippen molar-refractivity contribution >= 4 is 33.5 Å². The molecule has 76 valence electrons. The van der Waals surface area contributed by atoms with Gasteiger partial charge in [0.2, 0.25) is 0 Å². The summed E-state index contributed by atoms with van der Waals surface area (Å²) in [6.07, 6.45) is 0. The highest BCUT2D eigenvalue weighted by Gasteiger charge is 2.07. The smallest absolute Gasteiger partial charge is 0.288 e. The first-order valence-electron chi connectivity index (χ1n) is 3.77. The topological polar surface area (TPSA) is 17.1 Å². The van der Waals surface area contributed by atoms with Crippen LogP contribution < -0.4 is 0 Å². The number of carbonyl (C=O) groups is 1. The van der Waals surface area contributed by atoms with Gasteiger partial charge in [0.15, 0.2) is 5.78 Å². The van der Waals surface area contributed by atoms with Crippen molar-refractivity contribution in [3.8, 4) is 0 Å². The zero-order chi connectivity index (χ0) is 10.6. The van der Waals surface area contributed by atoms with Crippen molar-refractivity contribution in [3.05, 3.63) is 29.8 Å². The Morgan fingerprint density at radius 2 is 1.93 bits per heavy atom. The molecule has 0 bridgehead atoms. The molecule has 0 radical (unpaired) electrons. The maximum absolute atomic E-state index is 11.9. The standard InChI is InChI=1S/C9H7BrF2OS/c10-5-8(13)6-1-3-7(4-2-6)14-9(11)12/h1-4,9H,5H2. The van der Waals surface area contributed by atoms with Crippen molar-refractivity contribution in [1.82, 2.24) is 0 Å². The molecular formula is C9H7BrF2OS. The van der Waals surface area contributed by atoms with E-state index in [0.29, 0.717) is 22.2 Å². The van der Waals surface area contributed by atoms with E-state index < -0.39 is 5.76 Å². The zero-order valence-electron chi connectivity index (χ0n) is 7.04. The zero-order valence-corrected chi connectivity index (χ0v) is 9.45. The average molecular weight is 281 g/mol. The number of hydrogen-bond acceptors (Lipinski definition) is 2. The molecule has 0 atom stereocenters. The van der Waals surface area contributed by atoms with Gasteiger partial charge in [-0.25, -0.2) is 0 Å². The second-order valence-corrected chi connectivity index (χ2v) is 4.08. The van der Waals surface area contributed by atoms with Crippen LogP contribution in [0.3, 0.4) is 0 Å². The number of carbonyl (C=O) groups excluding carboxylic acids is 1. The summed E-state index contributed by atoms with van der Waals surface area (Å²) in [5.41, 5.74) is 0.528. The normalized spacial score (nSPS) is 10.6. The number of thioether (sulfide) groups is 1. The van der Waals surface area contributed by atoms with Crippen molar-refractivity contribution in [2.24, 2.45) is 0 Å². The molecule has 0 amide bonds. The highest BCUT2D eigenvalue weighted by Crippen LogP contribution is 2.25. The van der Waals surface area contributed by atoms with Gasteiger partial charge in [-0.15, -0.1) is 0 Å². The van der Waals surface area contributed by atoms with Gasteiger partial charge in [-0.3, -0.25) is 4.79 Å². The maximum Gasteiger partial charge on any atom is 0.288 e. The quantitative estimate of drug-likeness (QED) is 0.476. The van der Waals surface area contributed by atoms with Crippen LogP contribution in [0.1, 0.15) is 10.4 Å². The molecule has 0 saturated heterocycles. The molecule has 5 heteroatoms. The van der Waals surface area contributed by atoms with E-state index >= 15 is 0 Å². The Labute approximate surface area is 93.0 Å². The summed E-state index contributed by atoms with van der Waals surface area (Å²) in [6, 6.07) is 6.14. The molecule has 0 aliphatic heterocycles. The molecule has 1 rings (SSSR count). The third-order valence-corrected chi connectivity index (χ3v) is 2.75. The molecule has 0 N–H and O–H groups in total. The molecule has 14 heavy (non-hydrogen) atoms. The summed E-state index contributed by atoms with van der Waals surface area (Å²) >= 11 is 3.51. The molecule has 0 aliphatic carbocycles. The summed E-state index contributed by atoms with van der Waals surface area (Å²) in [7, 11) is 0. The van der Waals surface area contributed by atoms with Crippen molar-refractivity contribution in [2.45, 2.75) is 10.7 Å². The predicted molar refractivity (Wildman–Crippen MR) is 56.4 cm³/mol. The van der Waals surface area contributed by atoms with Crippen molar-refractivity contribution in [2.75, 3.05) is 5.33 Å². The largest absolute Gasteiger partial charge is 0.293 e. The molecule has 0 fully saturated rings. The van der Waals surface area contributed by atoms with E-state index in [1.807, 2.05) is 0 Å². The van der Waals surface area contributed by atoms with Crippen LogP contribution in [0, 0.1) is 0 Å². The SMILES string of the molecule is O=C(CBr)c1ccc(SC(F)F)cc1. The Balaban J connectivity index is 2.73. The van der Waals surface area contributed by atoms with Crippen LogP contribution in [-0.4, -0.2) is 16.9 Å². The molecule has 0 spiro atoms. The van der Waals surface area contributed by atoms with Crippen molar-refractivity contribution in [1.29, 1.82) is 0 Å². The van der Waals surface area contributed by atoms with Crippen LogP contribution in [0.5, 0.6) is 0 Å². The number of rotatable bonds is 4. The predicted octanol–water partition coefficient (Wildman–Crippen LogP) is 3.58. The third-order valence-electron chi connectivity index (χ3n) is 1.52. The molecule has 0 aliphatic rings. The maximum atomic E-state index is 11.9. The number of alkyl halides is 3. The number of benzene rings is 1. The molecule has 0 heterocycles. The first kappa shape index (κ1) is 11.7. The highest BCUT2D eigenvalue weighted by molar-refractivity contribution is 9.09. The van der Waals surface area contributed by atoms with Gasteiger partial charge in [0, 0.05) is 10.5 Å². The molecule has 1 nitrogen and oxygen atoms in total. The minimum atomic E-state index is -2.42. The molecule has 1 aromatic carbocycles. The van der Waals surface area contributed by atoms with E-state index in [4.69, 9.17) is 0 Å². The second kappa shape index (κ2) is 5.46. The van der Waals surface area contributed by atoms with Crippen LogP contribution in [0.15, 0.2) is 29.2 Å². The van der Waals surface area contributed by atoms with Gasteiger partial charge >= 0.3 is 0 Å². The Morgan fingerprint density at radius 1 is 1.36 bits per heavy atom. The summed E-state index contributed by atoms with van der Waals surface area (Å²) in [5.74, 6) is -2.48. The van der Waals surface area contributed by atoms with Gasteiger partial charge in [0.25, 0.3) is 5.76 Å². The van der Waals surface area contributed by atoms with E-state index in [-0.39, 0.29) is 11.1 Å². The van der Waals surface area contributed by atoms with Gasteiger partial charge in [0.05, 0.1) is 5.33 Å². The summed E-state index contributed by atoms with van der Waals surface area (Å²) < 4.78 is 23.9. The third kappa shape index (κ3) is 3.38. The van der Waals surface area contributed by atoms with Gasteiger partial charge in [-0.2, -0.15) is 8.78 Å². The summed E-state index contributed by atoms with van der Waals surface area (Å²) in [6.45, 7) is 0. The Bertz CT molecular complexity index is 313. The van der Waals surface area contributed by atoms with Crippen LogP contribution in [0.2, 0.25) is 0 Å². The number of halogens is 3. The van der Waals surface area contributed by atoms with Gasteiger partial charge in [-0.1, -0.05) is 39.8 Å².